The van der Waals surface area contributed by atoms with Crippen molar-refractivity contribution in [2.45, 2.75) is 6.18 Å². The third-order valence-corrected chi connectivity index (χ3v) is 3.32. The lowest BCUT2D eigenvalue weighted by Gasteiger charge is -2.10. The summed E-state index contributed by atoms with van der Waals surface area (Å²) in [7, 11) is 0. The number of pyridine rings is 2. The van der Waals surface area contributed by atoms with Gasteiger partial charge in [-0.3, -0.25) is 4.98 Å². The fourth-order valence-corrected chi connectivity index (χ4v) is 2.24. The third-order valence-electron chi connectivity index (χ3n) is 3.32. The summed E-state index contributed by atoms with van der Waals surface area (Å²) in [5.41, 5.74) is -0.0674. The summed E-state index contributed by atoms with van der Waals surface area (Å²) in [6.07, 6.45) is -1.62. The summed E-state index contributed by atoms with van der Waals surface area (Å²) < 4.78 is 38.6. The van der Waals surface area contributed by atoms with Gasteiger partial charge in [0.2, 0.25) is 0 Å². The van der Waals surface area contributed by atoms with Gasteiger partial charge in [0.05, 0.1) is 11.1 Å². The standard InChI is InChI=1S/C16H9F3N2O2/c17-16(18,19)11-3-1-2-9(6-11)12-8-20-7-10-4-5-13(15(22)23)21-14(10)12/h1-8H,(H,22,23). The molecule has 23 heavy (non-hydrogen) atoms. The molecule has 0 aliphatic rings. The minimum atomic E-state index is -4.46. The van der Waals surface area contributed by atoms with Crippen LogP contribution in [0, 0.1) is 0 Å². The molecule has 116 valence electrons. The van der Waals surface area contributed by atoms with E-state index in [0.29, 0.717) is 16.5 Å². The molecule has 0 saturated heterocycles. The van der Waals surface area contributed by atoms with Crippen molar-refractivity contribution in [3.8, 4) is 11.1 Å². The minimum Gasteiger partial charge on any atom is -0.477 e. The zero-order chi connectivity index (χ0) is 16.6. The Hall–Kier alpha value is -2.96. The van der Waals surface area contributed by atoms with Crippen LogP contribution in [0.3, 0.4) is 0 Å². The maximum absolute atomic E-state index is 12.9. The van der Waals surface area contributed by atoms with Crippen LogP contribution in [0.15, 0.2) is 48.8 Å². The normalized spacial score (nSPS) is 11.6. The number of hydrogen-bond donors (Lipinski definition) is 1. The Labute approximate surface area is 128 Å². The lowest BCUT2D eigenvalue weighted by molar-refractivity contribution is -0.137. The third kappa shape index (κ3) is 2.85. The predicted octanol–water partition coefficient (Wildman–Crippen LogP) is 4.01. The molecule has 1 aromatic carbocycles. The van der Waals surface area contributed by atoms with Crippen LogP contribution in [0.2, 0.25) is 0 Å². The first-order chi connectivity index (χ1) is 10.9. The zero-order valence-electron chi connectivity index (χ0n) is 11.5. The minimum absolute atomic E-state index is 0.183. The molecule has 7 heteroatoms. The molecule has 1 N–H and O–H groups in total. The van der Waals surface area contributed by atoms with Crippen molar-refractivity contribution in [3.63, 3.8) is 0 Å². The second-order valence-electron chi connectivity index (χ2n) is 4.84. The van der Waals surface area contributed by atoms with E-state index in [-0.39, 0.29) is 11.3 Å². The SMILES string of the molecule is O=C(O)c1ccc2cncc(-c3cccc(C(F)(F)F)c3)c2n1. The quantitative estimate of drug-likeness (QED) is 0.775. The second-order valence-corrected chi connectivity index (χ2v) is 4.84. The Morgan fingerprint density at radius 2 is 1.87 bits per heavy atom. The molecule has 4 nitrogen and oxygen atoms in total. The van der Waals surface area contributed by atoms with Gasteiger partial charge in [0.15, 0.2) is 0 Å². The molecule has 0 fully saturated rings. The number of rotatable bonds is 2. The number of alkyl halides is 3. The van der Waals surface area contributed by atoms with Crippen LogP contribution in [0.25, 0.3) is 22.0 Å². The average Bonchev–Trinajstić information content (AvgIpc) is 2.53. The van der Waals surface area contributed by atoms with Crippen molar-refractivity contribution < 1.29 is 23.1 Å². The van der Waals surface area contributed by atoms with E-state index in [0.717, 1.165) is 12.1 Å². The number of aromatic carboxylic acids is 1. The number of aromatic nitrogens is 2. The molecule has 3 aromatic rings. The predicted molar refractivity (Wildman–Crippen MR) is 76.9 cm³/mol. The lowest BCUT2D eigenvalue weighted by Crippen LogP contribution is -2.05. The Balaban J connectivity index is 2.24. The van der Waals surface area contributed by atoms with E-state index in [1.54, 1.807) is 0 Å². The van der Waals surface area contributed by atoms with Gasteiger partial charge in [0.1, 0.15) is 5.69 Å². The van der Waals surface area contributed by atoms with E-state index in [1.807, 2.05) is 0 Å². The highest BCUT2D eigenvalue weighted by Crippen LogP contribution is 2.33. The van der Waals surface area contributed by atoms with E-state index >= 15 is 0 Å². The molecule has 0 aliphatic heterocycles. The highest BCUT2D eigenvalue weighted by molar-refractivity contribution is 5.96. The summed E-state index contributed by atoms with van der Waals surface area (Å²) in [6, 6.07) is 7.60. The first-order valence-corrected chi connectivity index (χ1v) is 6.52. The topological polar surface area (TPSA) is 63.1 Å². The Bertz CT molecular complexity index is 907. The van der Waals surface area contributed by atoms with E-state index in [4.69, 9.17) is 5.11 Å². The molecule has 2 aromatic heterocycles. The molecule has 2 heterocycles. The van der Waals surface area contributed by atoms with Crippen molar-refractivity contribution in [1.82, 2.24) is 9.97 Å². The number of carbonyl (C=O) groups is 1. The van der Waals surface area contributed by atoms with Gasteiger partial charge in [0.25, 0.3) is 0 Å². The fraction of sp³-hybridized carbons (Fsp3) is 0.0625. The van der Waals surface area contributed by atoms with Crippen LogP contribution in [0.4, 0.5) is 13.2 Å². The smallest absolute Gasteiger partial charge is 0.416 e. The molecular formula is C16H9F3N2O2. The molecule has 0 aliphatic carbocycles. The highest BCUT2D eigenvalue weighted by Gasteiger charge is 2.30. The van der Waals surface area contributed by atoms with Crippen LogP contribution in [0.5, 0.6) is 0 Å². The number of carboxylic acids is 1. The van der Waals surface area contributed by atoms with Crippen molar-refractivity contribution >= 4 is 16.9 Å². The van der Waals surface area contributed by atoms with Crippen molar-refractivity contribution in [2.24, 2.45) is 0 Å². The molecule has 0 atom stereocenters. The summed E-state index contributed by atoms with van der Waals surface area (Å²) in [5, 5.41) is 9.58. The Morgan fingerprint density at radius 1 is 1.09 bits per heavy atom. The maximum Gasteiger partial charge on any atom is 0.416 e. The van der Waals surface area contributed by atoms with Crippen LogP contribution in [-0.4, -0.2) is 21.0 Å². The Kier molecular flexibility index (Phi) is 3.48. The zero-order valence-corrected chi connectivity index (χ0v) is 11.5. The van der Waals surface area contributed by atoms with Gasteiger partial charge >= 0.3 is 12.1 Å². The van der Waals surface area contributed by atoms with E-state index in [2.05, 4.69) is 9.97 Å². The number of halogens is 3. The van der Waals surface area contributed by atoms with E-state index in [1.165, 1.54) is 36.7 Å². The first-order valence-electron chi connectivity index (χ1n) is 6.52. The van der Waals surface area contributed by atoms with Crippen LogP contribution < -0.4 is 0 Å². The fourth-order valence-electron chi connectivity index (χ4n) is 2.24. The lowest BCUT2D eigenvalue weighted by atomic mass is 10.0. The van der Waals surface area contributed by atoms with Crippen molar-refractivity contribution in [3.05, 3.63) is 60.0 Å². The highest BCUT2D eigenvalue weighted by atomic mass is 19.4. The monoisotopic (exact) mass is 318 g/mol. The molecule has 0 unspecified atom stereocenters. The Morgan fingerprint density at radius 3 is 2.57 bits per heavy atom. The summed E-state index contributed by atoms with van der Waals surface area (Å²) in [4.78, 5) is 19.1. The maximum atomic E-state index is 12.9. The molecule has 0 saturated carbocycles. The molecule has 0 amide bonds. The van der Waals surface area contributed by atoms with Crippen LogP contribution in [0.1, 0.15) is 16.1 Å². The van der Waals surface area contributed by atoms with Crippen molar-refractivity contribution in [2.75, 3.05) is 0 Å². The molecule has 0 radical (unpaired) electrons. The summed E-state index contributed by atoms with van der Waals surface area (Å²) in [5.74, 6) is -1.21. The van der Waals surface area contributed by atoms with Crippen molar-refractivity contribution in [1.29, 1.82) is 0 Å². The van der Waals surface area contributed by atoms with Gasteiger partial charge in [-0.15, -0.1) is 0 Å². The first kappa shape index (κ1) is 15.0. The summed E-state index contributed by atoms with van der Waals surface area (Å²) >= 11 is 0. The number of nitrogens with zero attached hydrogens (tertiary/aromatic N) is 2. The molecule has 0 bridgehead atoms. The van der Waals surface area contributed by atoms with Gasteiger partial charge in [-0.1, -0.05) is 12.1 Å². The van der Waals surface area contributed by atoms with Gasteiger partial charge in [0, 0.05) is 23.3 Å². The van der Waals surface area contributed by atoms with E-state index in [9.17, 15) is 18.0 Å². The number of hydrogen-bond acceptors (Lipinski definition) is 3. The van der Waals surface area contributed by atoms with E-state index < -0.39 is 17.7 Å². The van der Waals surface area contributed by atoms with Gasteiger partial charge in [-0.05, 0) is 29.8 Å². The second kappa shape index (κ2) is 5.35. The number of carboxylic acid groups (broad SMARTS) is 1. The van der Waals surface area contributed by atoms with Crippen LogP contribution >= 0.6 is 0 Å². The number of fused-ring (bicyclic) bond motifs is 1. The molecule has 0 spiro atoms. The number of benzene rings is 1. The van der Waals surface area contributed by atoms with Gasteiger partial charge < -0.3 is 5.11 Å². The van der Waals surface area contributed by atoms with Gasteiger partial charge in [-0.25, -0.2) is 9.78 Å². The van der Waals surface area contributed by atoms with Crippen LogP contribution in [-0.2, 0) is 6.18 Å². The largest absolute Gasteiger partial charge is 0.477 e. The molecule has 3 rings (SSSR count). The van der Waals surface area contributed by atoms with Gasteiger partial charge in [-0.2, -0.15) is 13.2 Å². The molecular weight excluding hydrogens is 309 g/mol. The summed E-state index contributed by atoms with van der Waals surface area (Å²) in [6.45, 7) is 0. The average molecular weight is 318 g/mol.